The molecule has 0 radical (unpaired) electrons. The van der Waals surface area contributed by atoms with Gasteiger partial charge in [0.05, 0.1) is 16.9 Å². The molecule has 0 bridgehead atoms. The van der Waals surface area contributed by atoms with Crippen LogP contribution in [0.4, 0.5) is 0 Å². The number of pyridine rings is 1. The van der Waals surface area contributed by atoms with E-state index in [-0.39, 0.29) is 0 Å². The lowest BCUT2D eigenvalue weighted by atomic mass is 9.84. The van der Waals surface area contributed by atoms with Crippen molar-refractivity contribution in [1.82, 2.24) is 15.0 Å². The molecular formula is C57H37N3. The summed E-state index contributed by atoms with van der Waals surface area (Å²) in [5.74, 6) is 0.678. The normalized spacial score (nSPS) is 11.3. The minimum absolute atomic E-state index is 0.678. The Hall–Kier alpha value is -8.01. The molecule has 0 unspecified atom stereocenters. The number of hydrogen-bond acceptors (Lipinski definition) is 3. The summed E-state index contributed by atoms with van der Waals surface area (Å²) in [6, 6.07) is 77.5. The van der Waals surface area contributed by atoms with E-state index in [0.717, 1.165) is 61.2 Å². The molecule has 11 aromatic rings. The lowest BCUT2D eigenvalue weighted by Crippen LogP contribution is -1.97. The van der Waals surface area contributed by atoms with Gasteiger partial charge in [-0.3, -0.25) is 4.98 Å². The van der Waals surface area contributed by atoms with Crippen molar-refractivity contribution >= 4 is 32.4 Å². The summed E-state index contributed by atoms with van der Waals surface area (Å²) >= 11 is 0. The number of rotatable bonds is 7. The Labute approximate surface area is 349 Å². The highest BCUT2D eigenvalue weighted by atomic mass is 14.9. The van der Waals surface area contributed by atoms with Crippen LogP contribution in [-0.2, 0) is 0 Å². The van der Waals surface area contributed by atoms with Gasteiger partial charge < -0.3 is 0 Å². The summed E-state index contributed by atoms with van der Waals surface area (Å²) in [5, 5.41) is 5.92. The SMILES string of the molecule is c1ccc(-c2ccc(-c3cc(-c4cc(-c5c6ccccc6c(-c6ccccc6)c6ccccc56)cc(-c5cccc6cccnc56)c4)nc(-c4ccccc4)n3)cc2)cc1. The Bertz CT molecular complexity index is 3280. The van der Waals surface area contributed by atoms with E-state index in [1.807, 2.05) is 36.5 Å². The smallest absolute Gasteiger partial charge is 0.160 e. The maximum Gasteiger partial charge on any atom is 0.160 e. The number of nitrogens with zero attached hydrogens (tertiary/aromatic N) is 3. The average molecular weight is 764 g/mol. The summed E-state index contributed by atoms with van der Waals surface area (Å²) in [6.45, 7) is 0. The third kappa shape index (κ3) is 6.39. The quantitative estimate of drug-likeness (QED) is 0.152. The second kappa shape index (κ2) is 15.1. The number of hydrogen-bond donors (Lipinski definition) is 0. The molecule has 2 aromatic heterocycles. The summed E-state index contributed by atoms with van der Waals surface area (Å²) in [5.41, 5.74) is 14.9. The van der Waals surface area contributed by atoms with E-state index >= 15 is 0 Å². The van der Waals surface area contributed by atoms with Crippen molar-refractivity contribution in [2.24, 2.45) is 0 Å². The minimum Gasteiger partial charge on any atom is -0.256 e. The third-order valence-electron chi connectivity index (χ3n) is 11.5. The molecule has 0 saturated carbocycles. The number of fused-ring (bicyclic) bond motifs is 3. The van der Waals surface area contributed by atoms with Crippen molar-refractivity contribution in [2.45, 2.75) is 0 Å². The molecule has 3 nitrogen and oxygen atoms in total. The van der Waals surface area contributed by atoms with E-state index in [2.05, 4.69) is 188 Å². The minimum atomic E-state index is 0.678. The molecule has 0 aliphatic heterocycles. The van der Waals surface area contributed by atoms with Crippen LogP contribution in [0.25, 0.3) is 111 Å². The van der Waals surface area contributed by atoms with Crippen LogP contribution < -0.4 is 0 Å². The predicted molar refractivity (Wildman–Crippen MR) is 250 cm³/mol. The van der Waals surface area contributed by atoms with Crippen LogP contribution in [0.1, 0.15) is 0 Å². The fourth-order valence-electron chi connectivity index (χ4n) is 8.69. The molecule has 0 saturated heterocycles. The van der Waals surface area contributed by atoms with E-state index in [9.17, 15) is 0 Å². The van der Waals surface area contributed by atoms with Crippen LogP contribution in [0.2, 0.25) is 0 Å². The number of aromatic nitrogens is 3. The van der Waals surface area contributed by atoms with Gasteiger partial charge in [0, 0.05) is 33.8 Å². The molecule has 0 spiro atoms. The van der Waals surface area contributed by atoms with Crippen LogP contribution in [-0.4, -0.2) is 15.0 Å². The van der Waals surface area contributed by atoms with Gasteiger partial charge in [-0.15, -0.1) is 0 Å². The first-order valence-electron chi connectivity index (χ1n) is 20.3. The van der Waals surface area contributed by atoms with Gasteiger partial charge in [0.1, 0.15) is 0 Å². The highest BCUT2D eigenvalue weighted by Gasteiger charge is 2.20. The molecule has 0 fully saturated rings. The lowest BCUT2D eigenvalue weighted by molar-refractivity contribution is 1.18. The first kappa shape index (κ1) is 35.2. The second-order valence-corrected chi connectivity index (χ2v) is 15.2. The van der Waals surface area contributed by atoms with E-state index in [0.29, 0.717) is 5.82 Å². The maximum atomic E-state index is 5.35. The second-order valence-electron chi connectivity index (χ2n) is 15.2. The first-order valence-corrected chi connectivity index (χ1v) is 20.3. The van der Waals surface area contributed by atoms with Gasteiger partial charge in [0.15, 0.2) is 5.82 Å². The monoisotopic (exact) mass is 763 g/mol. The Morgan fingerprint density at radius 3 is 1.38 bits per heavy atom. The van der Waals surface area contributed by atoms with E-state index < -0.39 is 0 Å². The molecule has 60 heavy (non-hydrogen) atoms. The predicted octanol–water partition coefficient (Wildman–Crippen LogP) is 15.0. The van der Waals surface area contributed by atoms with Gasteiger partial charge in [-0.2, -0.15) is 0 Å². The van der Waals surface area contributed by atoms with Gasteiger partial charge in [-0.25, -0.2) is 9.97 Å². The van der Waals surface area contributed by atoms with E-state index in [1.165, 1.54) is 43.8 Å². The fourth-order valence-corrected chi connectivity index (χ4v) is 8.69. The Kier molecular flexibility index (Phi) is 8.83. The zero-order chi connectivity index (χ0) is 39.8. The number of benzene rings is 9. The van der Waals surface area contributed by atoms with Crippen molar-refractivity contribution < 1.29 is 0 Å². The Morgan fingerprint density at radius 1 is 0.283 bits per heavy atom. The Balaban J connectivity index is 1.19. The lowest BCUT2D eigenvalue weighted by Gasteiger charge is -2.19. The van der Waals surface area contributed by atoms with Crippen molar-refractivity contribution in [2.75, 3.05) is 0 Å². The van der Waals surface area contributed by atoms with Crippen molar-refractivity contribution in [3.63, 3.8) is 0 Å². The fraction of sp³-hybridized carbons (Fsp3) is 0. The van der Waals surface area contributed by atoms with Crippen LogP contribution >= 0.6 is 0 Å². The average Bonchev–Trinajstić information content (AvgIpc) is 3.33. The summed E-state index contributed by atoms with van der Waals surface area (Å²) in [6.07, 6.45) is 1.88. The standard InChI is InChI=1S/C57H37N3/c1-4-16-38(17-5-1)39-29-31-40(32-30-39)52-37-53(60-57(59-52)43-20-8-3-9-21-43)45-34-44(47-28-14-22-42-23-15-33-58-56(42)47)35-46(36-45)55-50-26-12-10-24-48(50)54(41-18-6-2-7-19-41)49-25-11-13-27-51(49)55/h1-37H. The van der Waals surface area contributed by atoms with Crippen LogP contribution in [0, 0.1) is 0 Å². The first-order chi connectivity index (χ1) is 29.7. The van der Waals surface area contributed by atoms with E-state index in [4.69, 9.17) is 15.0 Å². The highest BCUT2D eigenvalue weighted by Crippen LogP contribution is 2.46. The molecule has 11 rings (SSSR count). The van der Waals surface area contributed by atoms with Gasteiger partial charge in [-0.1, -0.05) is 188 Å². The maximum absolute atomic E-state index is 5.35. The zero-order valence-electron chi connectivity index (χ0n) is 32.7. The molecule has 0 atom stereocenters. The summed E-state index contributed by atoms with van der Waals surface area (Å²) < 4.78 is 0. The summed E-state index contributed by atoms with van der Waals surface area (Å²) in [4.78, 5) is 15.5. The summed E-state index contributed by atoms with van der Waals surface area (Å²) in [7, 11) is 0. The van der Waals surface area contributed by atoms with Crippen molar-refractivity contribution in [3.8, 4) is 78.4 Å². The number of para-hydroxylation sites is 1. The molecule has 0 aliphatic rings. The van der Waals surface area contributed by atoms with Crippen molar-refractivity contribution in [3.05, 3.63) is 225 Å². The molecular weight excluding hydrogens is 727 g/mol. The molecule has 280 valence electrons. The van der Waals surface area contributed by atoms with Gasteiger partial charge >= 0.3 is 0 Å². The zero-order valence-corrected chi connectivity index (χ0v) is 32.7. The molecule has 0 amide bonds. The van der Waals surface area contributed by atoms with Gasteiger partial charge in [0.2, 0.25) is 0 Å². The van der Waals surface area contributed by atoms with E-state index in [1.54, 1.807) is 0 Å². The molecule has 3 heteroatoms. The molecule has 9 aromatic carbocycles. The van der Waals surface area contributed by atoms with Crippen molar-refractivity contribution in [1.29, 1.82) is 0 Å². The van der Waals surface area contributed by atoms with Crippen LogP contribution in [0.3, 0.4) is 0 Å². The molecule has 0 aliphatic carbocycles. The topological polar surface area (TPSA) is 38.7 Å². The van der Waals surface area contributed by atoms with Gasteiger partial charge in [0.25, 0.3) is 0 Å². The van der Waals surface area contributed by atoms with Crippen LogP contribution in [0.5, 0.6) is 0 Å². The highest BCUT2D eigenvalue weighted by molar-refractivity contribution is 6.21. The molecule has 2 heterocycles. The largest absolute Gasteiger partial charge is 0.256 e. The Morgan fingerprint density at radius 2 is 0.750 bits per heavy atom. The molecule has 0 N–H and O–H groups in total. The van der Waals surface area contributed by atoms with Gasteiger partial charge in [-0.05, 0) is 90.8 Å². The van der Waals surface area contributed by atoms with Crippen LogP contribution in [0.15, 0.2) is 225 Å². The third-order valence-corrected chi connectivity index (χ3v) is 11.5.